The number of hydrogen-bond donors (Lipinski definition) is 2. The van der Waals surface area contributed by atoms with Crippen LogP contribution in [0.3, 0.4) is 0 Å². The Hall–Kier alpha value is -1.66. The monoisotopic (exact) mass is 226 g/mol. The molecule has 86 valence electrons. The fourth-order valence-corrected chi connectivity index (χ4v) is 1.53. The lowest BCUT2D eigenvalue weighted by Gasteiger charge is -2.14. The van der Waals surface area contributed by atoms with Crippen molar-refractivity contribution in [3.05, 3.63) is 44.8 Å². The lowest BCUT2D eigenvalue weighted by atomic mass is 10.4. The zero-order chi connectivity index (χ0) is 11.7. The molecule has 0 aliphatic carbocycles. The number of aliphatic hydroxyl groups excluding tert-OH is 1. The van der Waals surface area contributed by atoms with Gasteiger partial charge in [-0.2, -0.15) is 0 Å². The molecule has 0 spiro atoms. The summed E-state index contributed by atoms with van der Waals surface area (Å²) in [6.45, 7) is 1.47. The minimum atomic E-state index is -0.569. The van der Waals surface area contributed by atoms with Crippen LogP contribution < -0.4 is 11.2 Å². The Bertz CT molecular complexity index is 528. The number of nitrogens with one attached hydrogen (secondary N) is 1. The molecule has 0 fully saturated rings. The lowest BCUT2D eigenvalue weighted by molar-refractivity contribution is -0.0104. The Morgan fingerprint density at radius 1 is 1.62 bits per heavy atom. The molecule has 16 heavy (non-hydrogen) atoms. The second-order valence-electron chi connectivity index (χ2n) is 3.61. The van der Waals surface area contributed by atoms with Crippen LogP contribution in [0.25, 0.3) is 0 Å². The Morgan fingerprint density at radius 3 is 3.00 bits per heavy atom. The number of aromatic amines is 1. The van der Waals surface area contributed by atoms with Crippen LogP contribution in [0.4, 0.5) is 0 Å². The number of ether oxygens (including phenoxy) is 1. The van der Waals surface area contributed by atoms with Gasteiger partial charge in [-0.3, -0.25) is 14.3 Å². The first kappa shape index (κ1) is 10.8. The summed E-state index contributed by atoms with van der Waals surface area (Å²) in [5.74, 6) is 0. The summed E-state index contributed by atoms with van der Waals surface area (Å²) in [6, 6.07) is 0. The van der Waals surface area contributed by atoms with Gasteiger partial charge in [0.2, 0.25) is 0 Å². The van der Waals surface area contributed by atoms with E-state index in [0.29, 0.717) is 5.56 Å². The number of H-pyrrole nitrogens is 1. The number of rotatable bonds is 2. The van der Waals surface area contributed by atoms with Gasteiger partial charge in [0.25, 0.3) is 5.56 Å². The van der Waals surface area contributed by atoms with Gasteiger partial charge in [-0.1, -0.05) is 6.08 Å². The first-order valence-electron chi connectivity index (χ1n) is 4.88. The zero-order valence-electron chi connectivity index (χ0n) is 8.71. The highest BCUT2D eigenvalue weighted by Crippen LogP contribution is 2.18. The predicted octanol–water partition coefficient (Wildman–Crippen LogP) is -0.709. The highest BCUT2D eigenvalue weighted by atomic mass is 16.7. The van der Waals surface area contributed by atoms with E-state index in [1.54, 1.807) is 19.1 Å². The highest BCUT2D eigenvalue weighted by Gasteiger charge is 2.20. The molecule has 6 heteroatoms. The van der Waals surface area contributed by atoms with E-state index in [1.807, 2.05) is 0 Å². The van der Waals surface area contributed by atoms with Gasteiger partial charge in [0.05, 0.1) is 6.61 Å². The van der Waals surface area contributed by atoms with Crippen molar-refractivity contribution < 1.29 is 9.84 Å². The van der Waals surface area contributed by atoms with Crippen LogP contribution in [0.2, 0.25) is 0 Å². The normalized spacial score (nSPS) is 23.9. The van der Waals surface area contributed by atoms with Crippen molar-refractivity contribution in [2.75, 3.05) is 6.61 Å². The fraction of sp³-hybridized carbons (Fsp3) is 0.400. The summed E-state index contributed by atoms with van der Waals surface area (Å²) in [5, 5.41) is 8.88. The van der Waals surface area contributed by atoms with Crippen molar-refractivity contribution >= 4 is 0 Å². The van der Waals surface area contributed by atoms with Crippen molar-refractivity contribution in [2.24, 2.45) is 0 Å². The maximum Gasteiger partial charge on any atom is 0.330 e. The van der Waals surface area contributed by atoms with Crippen LogP contribution in [0.1, 0.15) is 11.8 Å². The molecular formula is C10H12N2O4. The third-order valence-electron chi connectivity index (χ3n) is 2.40. The molecule has 1 aromatic rings. The first-order chi connectivity index (χ1) is 7.61. The number of hydrogen-bond acceptors (Lipinski definition) is 4. The van der Waals surface area contributed by atoms with Crippen molar-refractivity contribution in [3.63, 3.8) is 0 Å². The third kappa shape index (κ3) is 1.84. The average Bonchev–Trinajstić information content (AvgIpc) is 2.71. The van der Waals surface area contributed by atoms with Crippen molar-refractivity contribution in [1.82, 2.24) is 9.55 Å². The van der Waals surface area contributed by atoms with E-state index in [0.717, 1.165) is 0 Å². The lowest BCUT2D eigenvalue weighted by Crippen LogP contribution is -2.33. The maximum atomic E-state index is 11.5. The molecular weight excluding hydrogens is 214 g/mol. The predicted molar refractivity (Wildman–Crippen MR) is 56.2 cm³/mol. The van der Waals surface area contributed by atoms with Gasteiger partial charge in [0, 0.05) is 11.8 Å². The standard InChI is InChI=1S/C10H12N2O4/c1-6-4-12(10(15)11-9(6)14)8-3-2-7(5-13)16-8/h2-4,7-8,13H,5H2,1H3,(H,11,14,15)/t7-,8+/m0/s1/i8+2. The van der Waals surface area contributed by atoms with Gasteiger partial charge in [0.1, 0.15) is 6.10 Å². The zero-order valence-corrected chi connectivity index (χ0v) is 8.71. The molecule has 2 atom stereocenters. The summed E-state index contributed by atoms with van der Waals surface area (Å²) in [4.78, 5) is 24.9. The molecule has 1 aliphatic heterocycles. The van der Waals surface area contributed by atoms with Crippen LogP contribution in [0.5, 0.6) is 0 Å². The SMILES string of the molecule is Cc1cn([14C@H]2C=C[C@@H](CO)O2)c(=O)[nH]c1=O. The Labute approximate surface area is 90.8 Å². The topological polar surface area (TPSA) is 84.3 Å². The third-order valence-corrected chi connectivity index (χ3v) is 2.40. The number of nitrogens with zero attached hydrogens (tertiary/aromatic N) is 1. The minimum Gasteiger partial charge on any atom is -0.393 e. The smallest absolute Gasteiger partial charge is 0.330 e. The van der Waals surface area contributed by atoms with E-state index in [-0.39, 0.29) is 6.61 Å². The second-order valence-corrected chi connectivity index (χ2v) is 3.61. The molecule has 2 rings (SSSR count). The van der Waals surface area contributed by atoms with Crippen LogP contribution >= 0.6 is 0 Å². The molecule has 2 N–H and O–H groups in total. The molecule has 2 heterocycles. The summed E-state index contributed by atoms with van der Waals surface area (Å²) >= 11 is 0. The fourth-order valence-electron chi connectivity index (χ4n) is 1.53. The Balaban J connectivity index is 2.36. The quantitative estimate of drug-likeness (QED) is 0.652. The average molecular weight is 226 g/mol. The number of aromatic nitrogens is 2. The van der Waals surface area contributed by atoms with E-state index < -0.39 is 23.6 Å². The second kappa shape index (κ2) is 4.07. The van der Waals surface area contributed by atoms with E-state index >= 15 is 0 Å². The molecule has 0 saturated carbocycles. The molecule has 0 radical (unpaired) electrons. The van der Waals surface area contributed by atoms with Gasteiger partial charge in [-0.15, -0.1) is 0 Å². The summed E-state index contributed by atoms with van der Waals surface area (Å²) in [6.07, 6.45) is 3.82. The Kier molecular flexibility index (Phi) is 2.76. The minimum absolute atomic E-state index is 0.135. The van der Waals surface area contributed by atoms with Gasteiger partial charge in [-0.25, -0.2) is 4.79 Å². The van der Waals surface area contributed by atoms with Crippen molar-refractivity contribution in [2.45, 2.75) is 19.3 Å². The van der Waals surface area contributed by atoms with Crippen LogP contribution in [-0.2, 0) is 4.74 Å². The van der Waals surface area contributed by atoms with Crippen molar-refractivity contribution in [1.29, 1.82) is 0 Å². The summed E-state index contributed by atoms with van der Waals surface area (Å²) in [5.41, 5.74) is -0.491. The van der Waals surface area contributed by atoms with Gasteiger partial charge < -0.3 is 9.84 Å². The molecule has 0 bridgehead atoms. The number of aryl methyl sites for hydroxylation is 1. The molecule has 0 saturated heterocycles. The van der Waals surface area contributed by atoms with Crippen LogP contribution in [-0.4, -0.2) is 27.4 Å². The molecule has 6 nitrogen and oxygen atoms in total. The van der Waals surface area contributed by atoms with Crippen LogP contribution in [0, 0.1) is 6.92 Å². The molecule has 0 unspecified atom stereocenters. The largest absolute Gasteiger partial charge is 0.393 e. The van der Waals surface area contributed by atoms with E-state index in [1.165, 1.54) is 10.8 Å². The molecule has 1 aliphatic rings. The number of aliphatic hydroxyl groups is 1. The molecule has 0 amide bonds. The van der Waals surface area contributed by atoms with E-state index in [4.69, 9.17) is 9.84 Å². The van der Waals surface area contributed by atoms with Crippen LogP contribution in [0.15, 0.2) is 27.9 Å². The molecule has 0 aromatic carbocycles. The van der Waals surface area contributed by atoms with E-state index in [2.05, 4.69) is 4.98 Å². The summed E-state index contributed by atoms with van der Waals surface area (Å²) < 4.78 is 6.63. The maximum absolute atomic E-state index is 11.5. The molecule has 1 aromatic heterocycles. The van der Waals surface area contributed by atoms with Gasteiger partial charge >= 0.3 is 5.69 Å². The van der Waals surface area contributed by atoms with Gasteiger partial charge in [-0.05, 0) is 13.0 Å². The first-order valence-corrected chi connectivity index (χ1v) is 4.88. The highest BCUT2D eigenvalue weighted by molar-refractivity contribution is 5.06. The Morgan fingerprint density at radius 2 is 2.38 bits per heavy atom. The van der Waals surface area contributed by atoms with Crippen molar-refractivity contribution in [3.8, 4) is 0 Å². The van der Waals surface area contributed by atoms with E-state index in [9.17, 15) is 9.59 Å². The summed E-state index contributed by atoms with van der Waals surface area (Å²) in [7, 11) is 0. The van der Waals surface area contributed by atoms with Gasteiger partial charge in [0.15, 0.2) is 6.23 Å².